The minimum absolute atomic E-state index is 0.0564. The van der Waals surface area contributed by atoms with Gasteiger partial charge in [0.2, 0.25) is 0 Å². The van der Waals surface area contributed by atoms with Crippen LogP contribution in [0.15, 0.2) is 42.5 Å². The summed E-state index contributed by atoms with van der Waals surface area (Å²) in [4.78, 5) is 14.3. The van der Waals surface area contributed by atoms with E-state index in [1.165, 1.54) is 30.3 Å². The fraction of sp³-hybridized carbons (Fsp3) is 0.235. The molecule has 5 heteroatoms. The number of halogens is 2. The zero-order chi connectivity index (χ0) is 15.5. The van der Waals surface area contributed by atoms with Crippen molar-refractivity contribution in [1.29, 1.82) is 0 Å². The lowest BCUT2D eigenvalue weighted by atomic mass is 10.2. The molecule has 3 nitrogen and oxygen atoms in total. The van der Waals surface area contributed by atoms with Crippen molar-refractivity contribution in [3.63, 3.8) is 0 Å². The molecule has 0 aromatic heterocycles. The number of nitrogens with zero attached hydrogens (tertiary/aromatic N) is 1. The van der Waals surface area contributed by atoms with Crippen LogP contribution >= 0.6 is 0 Å². The molecule has 0 atom stereocenters. The number of carbonyl (C=O) groups is 1. The van der Waals surface area contributed by atoms with Gasteiger partial charge in [-0.2, -0.15) is 0 Å². The van der Waals surface area contributed by atoms with E-state index in [2.05, 4.69) is 10.2 Å². The third-order valence-electron chi connectivity index (χ3n) is 3.77. The summed E-state index contributed by atoms with van der Waals surface area (Å²) in [6.07, 6.45) is 2.14. The summed E-state index contributed by atoms with van der Waals surface area (Å²) >= 11 is 0. The third kappa shape index (κ3) is 2.93. The number of rotatable bonds is 3. The van der Waals surface area contributed by atoms with Crippen molar-refractivity contribution in [3.05, 3.63) is 59.7 Å². The number of nitrogens with one attached hydrogen (secondary N) is 1. The van der Waals surface area contributed by atoms with Crippen molar-refractivity contribution in [2.45, 2.75) is 12.8 Å². The van der Waals surface area contributed by atoms with Crippen LogP contribution in [0.1, 0.15) is 23.2 Å². The molecule has 0 unspecified atom stereocenters. The molecule has 0 radical (unpaired) electrons. The zero-order valence-electron chi connectivity index (χ0n) is 12.0. The van der Waals surface area contributed by atoms with Crippen LogP contribution in [0.25, 0.3) is 0 Å². The van der Waals surface area contributed by atoms with Crippen LogP contribution in [-0.2, 0) is 0 Å². The van der Waals surface area contributed by atoms with Gasteiger partial charge in [0.05, 0.1) is 16.9 Å². The molecular weight excluding hydrogens is 286 g/mol. The Hall–Kier alpha value is -2.43. The second-order valence-electron chi connectivity index (χ2n) is 5.29. The topological polar surface area (TPSA) is 32.3 Å². The summed E-state index contributed by atoms with van der Waals surface area (Å²) in [5.74, 6) is -1.62. The van der Waals surface area contributed by atoms with Crippen LogP contribution in [0, 0.1) is 11.6 Å². The molecule has 114 valence electrons. The normalized spacial score (nSPS) is 14.2. The fourth-order valence-corrected chi connectivity index (χ4v) is 2.68. The molecule has 2 aromatic carbocycles. The highest BCUT2D eigenvalue weighted by molar-refractivity contribution is 6.06. The first-order chi connectivity index (χ1) is 10.6. The Morgan fingerprint density at radius 3 is 2.50 bits per heavy atom. The minimum atomic E-state index is -0.598. The van der Waals surface area contributed by atoms with E-state index in [0.29, 0.717) is 5.69 Å². The molecule has 2 aromatic rings. The molecule has 1 heterocycles. The molecule has 1 fully saturated rings. The molecule has 22 heavy (non-hydrogen) atoms. The summed E-state index contributed by atoms with van der Waals surface area (Å²) in [6.45, 7) is 1.74. The maximum absolute atomic E-state index is 13.7. The average Bonchev–Trinajstić information content (AvgIpc) is 3.02. The summed E-state index contributed by atoms with van der Waals surface area (Å²) in [5.41, 5.74) is 1.08. The van der Waals surface area contributed by atoms with E-state index < -0.39 is 17.5 Å². The van der Waals surface area contributed by atoms with Gasteiger partial charge in [0.15, 0.2) is 0 Å². The molecule has 0 aliphatic carbocycles. The van der Waals surface area contributed by atoms with Gasteiger partial charge in [-0.1, -0.05) is 12.1 Å². The van der Waals surface area contributed by atoms with E-state index in [1.807, 2.05) is 0 Å². The Kier molecular flexibility index (Phi) is 4.04. The quantitative estimate of drug-likeness (QED) is 0.935. The number of hydrogen-bond donors (Lipinski definition) is 1. The van der Waals surface area contributed by atoms with Gasteiger partial charge >= 0.3 is 0 Å². The first kappa shape index (κ1) is 14.5. The van der Waals surface area contributed by atoms with Crippen molar-refractivity contribution in [3.8, 4) is 0 Å². The van der Waals surface area contributed by atoms with Crippen LogP contribution in [0.3, 0.4) is 0 Å². The molecule has 0 spiro atoms. The van der Waals surface area contributed by atoms with Gasteiger partial charge in [-0.3, -0.25) is 4.79 Å². The Balaban J connectivity index is 1.89. The Labute approximate surface area is 127 Å². The fourth-order valence-electron chi connectivity index (χ4n) is 2.68. The number of carbonyl (C=O) groups excluding carboxylic acids is 1. The smallest absolute Gasteiger partial charge is 0.258 e. The number of anilines is 2. The van der Waals surface area contributed by atoms with E-state index in [9.17, 15) is 13.6 Å². The second kappa shape index (κ2) is 6.13. The Bertz CT molecular complexity index is 697. The molecule has 1 amide bonds. The Morgan fingerprint density at radius 2 is 1.77 bits per heavy atom. The molecule has 0 bridgehead atoms. The number of amides is 1. The maximum atomic E-state index is 13.7. The molecule has 1 N–H and O–H groups in total. The van der Waals surface area contributed by atoms with Crippen molar-refractivity contribution >= 4 is 17.3 Å². The lowest BCUT2D eigenvalue weighted by molar-refractivity contribution is 0.102. The van der Waals surface area contributed by atoms with E-state index >= 15 is 0 Å². The highest BCUT2D eigenvalue weighted by atomic mass is 19.1. The molecule has 1 aliphatic heterocycles. The predicted octanol–water partition coefficient (Wildman–Crippen LogP) is 3.82. The van der Waals surface area contributed by atoms with Gasteiger partial charge in [0, 0.05) is 13.1 Å². The van der Waals surface area contributed by atoms with Gasteiger partial charge in [0.1, 0.15) is 11.6 Å². The average molecular weight is 302 g/mol. The lowest BCUT2D eigenvalue weighted by Gasteiger charge is -2.21. The molecule has 1 aliphatic rings. The molecule has 3 rings (SSSR count). The third-order valence-corrected chi connectivity index (χ3v) is 3.77. The SMILES string of the molecule is O=C(Nc1cc(F)ccc1N1CCCC1)c1ccccc1F. The van der Waals surface area contributed by atoms with Gasteiger partial charge < -0.3 is 10.2 Å². The van der Waals surface area contributed by atoms with E-state index in [-0.39, 0.29) is 5.56 Å². The highest BCUT2D eigenvalue weighted by Gasteiger charge is 2.19. The summed E-state index contributed by atoms with van der Waals surface area (Å²) in [7, 11) is 0. The van der Waals surface area contributed by atoms with Crippen molar-refractivity contribution in [2.75, 3.05) is 23.3 Å². The van der Waals surface area contributed by atoms with Crippen LogP contribution in [0.5, 0.6) is 0 Å². The molecule has 1 saturated heterocycles. The summed E-state index contributed by atoms with van der Waals surface area (Å²) < 4.78 is 27.2. The van der Waals surface area contributed by atoms with E-state index in [0.717, 1.165) is 31.6 Å². The highest BCUT2D eigenvalue weighted by Crippen LogP contribution is 2.30. The van der Waals surface area contributed by atoms with E-state index in [4.69, 9.17) is 0 Å². The van der Waals surface area contributed by atoms with Gasteiger partial charge in [-0.15, -0.1) is 0 Å². The molecular formula is C17H16F2N2O. The van der Waals surface area contributed by atoms with Crippen LogP contribution in [0.2, 0.25) is 0 Å². The first-order valence-electron chi connectivity index (χ1n) is 7.25. The first-order valence-corrected chi connectivity index (χ1v) is 7.25. The monoisotopic (exact) mass is 302 g/mol. The van der Waals surface area contributed by atoms with Crippen molar-refractivity contribution < 1.29 is 13.6 Å². The number of hydrogen-bond acceptors (Lipinski definition) is 2. The van der Waals surface area contributed by atoms with Crippen LogP contribution < -0.4 is 10.2 Å². The van der Waals surface area contributed by atoms with Gasteiger partial charge in [0.25, 0.3) is 5.91 Å². The van der Waals surface area contributed by atoms with Gasteiger partial charge in [-0.25, -0.2) is 8.78 Å². The predicted molar refractivity (Wildman–Crippen MR) is 82.2 cm³/mol. The van der Waals surface area contributed by atoms with Crippen molar-refractivity contribution in [2.24, 2.45) is 0 Å². The van der Waals surface area contributed by atoms with Crippen LogP contribution in [-0.4, -0.2) is 19.0 Å². The minimum Gasteiger partial charge on any atom is -0.370 e. The van der Waals surface area contributed by atoms with E-state index in [1.54, 1.807) is 12.1 Å². The Morgan fingerprint density at radius 1 is 1.05 bits per heavy atom. The summed E-state index contributed by atoms with van der Waals surface area (Å²) in [5, 5.41) is 2.62. The van der Waals surface area contributed by atoms with Gasteiger partial charge in [-0.05, 0) is 43.2 Å². The second-order valence-corrected chi connectivity index (χ2v) is 5.29. The molecule has 0 saturated carbocycles. The number of benzene rings is 2. The lowest BCUT2D eigenvalue weighted by Crippen LogP contribution is -2.21. The standard InChI is InChI=1S/C17H16F2N2O/c18-12-7-8-16(21-9-3-4-10-21)15(11-12)20-17(22)13-5-1-2-6-14(13)19/h1-2,5-8,11H,3-4,9-10H2,(H,20,22). The van der Waals surface area contributed by atoms with Crippen LogP contribution in [0.4, 0.5) is 20.2 Å². The maximum Gasteiger partial charge on any atom is 0.258 e. The van der Waals surface area contributed by atoms with Crippen molar-refractivity contribution in [1.82, 2.24) is 0 Å². The largest absolute Gasteiger partial charge is 0.370 e. The summed E-state index contributed by atoms with van der Waals surface area (Å²) in [6, 6.07) is 10.0. The zero-order valence-corrected chi connectivity index (χ0v) is 12.0.